The maximum absolute atomic E-state index is 13.3. The van der Waals surface area contributed by atoms with E-state index in [4.69, 9.17) is 14.2 Å². The number of hydrogen-bond acceptors (Lipinski definition) is 8. The molecule has 4 amide bonds. The molecule has 2 N–H and O–H groups in total. The van der Waals surface area contributed by atoms with E-state index in [2.05, 4.69) is 19.2 Å². The Morgan fingerprint density at radius 1 is 0.642 bits per heavy atom. The van der Waals surface area contributed by atoms with Crippen LogP contribution in [-0.4, -0.2) is 66.0 Å². The van der Waals surface area contributed by atoms with Crippen molar-refractivity contribution in [2.45, 2.75) is 141 Å². The van der Waals surface area contributed by atoms with Crippen LogP contribution in [0.4, 0.5) is 14.4 Å². The van der Waals surface area contributed by atoms with Crippen molar-refractivity contribution >= 4 is 30.2 Å². The Hall–Kier alpha value is -4.41. The standard InChI is InChI=1S/C42H60N2O9/c1-3-5-7-9-11-13-15-21-29-51-41(49)44(42(50)52-30-22-16-14-12-10-8-6-4-2)38(45)28-27-37(39(46)47)43-40(48)53-31-36-34-25-19-17-23-32(34)33-24-18-20-26-35(33)36/h17-20,23-26,36-37H,3-16,21-22,27-31H2,1-2H3,(H,43,48)(H,46,47)/t37-/m0/s1. The molecule has 0 saturated heterocycles. The third-order valence-electron chi connectivity index (χ3n) is 9.64. The van der Waals surface area contributed by atoms with Gasteiger partial charge in [0.1, 0.15) is 12.6 Å². The number of rotatable bonds is 25. The first-order valence-electron chi connectivity index (χ1n) is 19.8. The van der Waals surface area contributed by atoms with E-state index in [-0.39, 0.29) is 25.7 Å². The van der Waals surface area contributed by atoms with Gasteiger partial charge in [-0.05, 0) is 41.5 Å². The van der Waals surface area contributed by atoms with E-state index in [1.807, 2.05) is 48.5 Å². The number of carbonyl (C=O) groups excluding carboxylic acids is 4. The molecule has 1 aliphatic carbocycles. The Kier molecular flexibility index (Phi) is 20.1. The van der Waals surface area contributed by atoms with Crippen molar-refractivity contribution in [3.05, 3.63) is 59.7 Å². The van der Waals surface area contributed by atoms with E-state index in [1.165, 1.54) is 38.5 Å². The van der Waals surface area contributed by atoms with E-state index in [0.29, 0.717) is 17.7 Å². The Morgan fingerprint density at radius 3 is 1.53 bits per heavy atom. The van der Waals surface area contributed by atoms with Gasteiger partial charge in [0, 0.05) is 12.3 Å². The van der Waals surface area contributed by atoms with Gasteiger partial charge in [-0.2, -0.15) is 0 Å². The van der Waals surface area contributed by atoms with Crippen molar-refractivity contribution in [1.29, 1.82) is 0 Å². The number of imide groups is 3. The number of aliphatic carboxylic acids is 1. The summed E-state index contributed by atoms with van der Waals surface area (Å²) in [4.78, 5) is 64.5. The molecule has 2 aromatic carbocycles. The molecule has 0 spiro atoms. The van der Waals surface area contributed by atoms with Gasteiger partial charge in [0.05, 0.1) is 13.2 Å². The van der Waals surface area contributed by atoms with Gasteiger partial charge >= 0.3 is 24.2 Å². The fourth-order valence-corrected chi connectivity index (χ4v) is 6.62. The maximum Gasteiger partial charge on any atom is 0.426 e. The Balaban J connectivity index is 1.52. The van der Waals surface area contributed by atoms with Gasteiger partial charge in [-0.3, -0.25) is 4.79 Å². The van der Waals surface area contributed by atoms with Gasteiger partial charge < -0.3 is 24.6 Å². The Labute approximate surface area is 315 Å². The highest BCUT2D eigenvalue weighted by Gasteiger charge is 2.34. The molecule has 11 heteroatoms. The van der Waals surface area contributed by atoms with E-state index >= 15 is 0 Å². The van der Waals surface area contributed by atoms with E-state index in [0.717, 1.165) is 73.6 Å². The smallest absolute Gasteiger partial charge is 0.426 e. The Morgan fingerprint density at radius 2 is 1.08 bits per heavy atom. The van der Waals surface area contributed by atoms with Crippen LogP contribution in [0.25, 0.3) is 11.1 Å². The first kappa shape index (κ1) is 43.0. The van der Waals surface area contributed by atoms with Crippen molar-refractivity contribution < 1.29 is 43.3 Å². The minimum absolute atomic E-state index is 0.0195. The maximum atomic E-state index is 13.3. The molecule has 0 unspecified atom stereocenters. The molecule has 0 bridgehead atoms. The molecule has 3 rings (SSSR count). The number of carboxylic acids is 1. The van der Waals surface area contributed by atoms with Gasteiger partial charge in [0.2, 0.25) is 5.91 Å². The molecule has 1 atom stereocenters. The van der Waals surface area contributed by atoms with Crippen LogP contribution in [-0.2, 0) is 23.8 Å². The number of benzene rings is 2. The zero-order valence-electron chi connectivity index (χ0n) is 31.8. The lowest BCUT2D eigenvalue weighted by atomic mass is 9.98. The molecule has 11 nitrogen and oxygen atoms in total. The SMILES string of the molecule is CCCCCCCCCCOC(=O)N(C(=O)CC[C@H](NC(=O)OCC1c2ccccc2-c2ccccc21)C(=O)O)C(=O)OCCCCCCCCCC. The lowest BCUT2D eigenvalue weighted by Crippen LogP contribution is -2.45. The first-order chi connectivity index (χ1) is 25.8. The number of ether oxygens (including phenoxy) is 3. The van der Waals surface area contributed by atoms with Crippen molar-refractivity contribution in [2.24, 2.45) is 0 Å². The number of carboxylic acid groups (broad SMARTS) is 1. The molecule has 0 radical (unpaired) electrons. The summed E-state index contributed by atoms with van der Waals surface area (Å²) in [6, 6.07) is 14.2. The number of carbonyl (C=O) groups is 5. The van der Waals surface area contributed by atoms with Crippen LogP contribution in [0.3, 0.4) is 0 Å². The number of alkyl carbamates (subject to hydrolysis) is 1. The fraction of sp³-hybridized carbons (Fsp3) is 0.595. The summed E-state index contributed by atoms with van der Waals surface area (Å²) in [6.45, 7) is 4.38. The molecule has 0 saturated carbocycles. The van der Waals surface area contributed by atoms with E-state index in [9.17, 15) is 29.1 Å². The van der Waals surface area contributed by atoms with Crippen molar-refractivity contribution in [2.75, 3.05) is 19.8 Å². The number of nitrogens with one attached hydrogen (secondary N) is 1. The molecule has 0 aromatic heterocycles. The topological polar surface area (TPSA) is 149 Å². The van der Waals surface area contributed by atoms with Crippen LogP contribution in [0.2, 0.25) is 0 Å². The van der Waals surface area contributed by atoms with Gasteiger partial charge in [-0.1, -0.05) is 152 Å². The summed E-state index contributed by atoms with van der Waals surface area (Å²) >= 11 is 0. The summed E-state index contributed by atoms with van der Waals surface area (Å²) in [6.07, 6.45) is 12.4. The zero-order chi connectivity index (χ0) is 38.3. The summed E-state index contributed by atoms with van der Waals surface area (Å²) in [7, 11) is 0. The van der Waals surface area contributed by atoms with Crippen LogP contribution in [0.1, 0.15) is 146 Å². The normalized spacial score (nSPS) is 12.3. The number of amides is 4. The monoisotopic (exact) mass is 736 g/mol. The number of hydrogen-bond donors (Lipinski definition) is 2. The average molecular weight is 737 g/mol. The zero-order valence-corrected chi connectivity index (χ0v) is 31.8. The third-order valence-corrected chi connectivity index (χ3v) is 9.64. The van der Waals surface area contributed by atoms with Gasteiger partial charge in [-0.15, -0.1) is 4.90 Å². The number of nitrogens with zero attached hydrogens (tertiary/aromatic N) is 1. The van der Waals surface area contributed by atoms with Crippen LogP contribution < -0.4 is 5.32 Å². The fourth-order valence-electron chi connectivity index (χ4n) is 6.62. The molecule has 53 heavy (non-hydrogen) atoms. The lowest BCUT2D eigenvalue weighted by molar-refractivity contribution is -0.139. The second-order valence-corrected chi connectivity index (χ2v) is 13.8. The summed E-state index contributed by atoms with van der Waals surface area (Å²) in [5.74, 6) is -2.60. The Bertz CT molecular complexity index is 1370. The minimum Gasteiger partial charge on any atom is -0.480 e. The average Bonchev–Trinajstić information content (AvgIpc) is 3.47. The molecule has 0 fully saturated rings. The lowest BCUT2D eigenvalue weighted by Gasteiger charge is -2.20. The van der Waals surface area contributed by atoms with Crippen molar-refractivity contribution in [3.63, 3.8) is 0 Å². The molecule has 0 heterocycles. The van der Waals surface area contributed by atoms with E-state index in [1.54, 1.807) is 0 Å². The highest BCUT2D eigenvalue weighted by molar-refractivity contribution is 6.06. The summed E-state index contributed by atoms with van der Waals surface area (Å²) in [5, 5.41) is 12.2. The molecule has 0 aliphatic heterocycles. The predicted molar refractivity (Wildman–Crippen MR) is 204 cm³/mol. The van der Waals surface area contributed by atoms with Crippen LogP contribution in [0.5, 0.6) is 0 Å². The molecule has 1 aliphatic rings. The quantitative estimate of drug-likeness (QED) is 0.0750. The first-order valence-corrected chi connectivity index (χ1v) is 19.8. The molecular weight excluding hydrogens is 676 g/mol. The highest BCUT2D eigenvalue weighted by Crippen LogP contribution is 2.44. The third kappa shape index (κ3) is 14.9. The van der Waals surface area contributed by atoms with Gasteiger partial charge in [0.15, 0.2) is 0 Å². The van der Waals surface area contributed by atoms with E-state index < -0.39 is 49.0 Å². The number of unbranched alkanes of at least 4 members (excludes halogenated alkanes) is 14. The minimum atomic E-state index is -1.52. The van der Waals surface area contributed by atoms with Crippen molar-refractivity contribution in [1.82, 2.24) is 10.2 Å². The van der Waals surface area contributed by atoms with Gasteiger partial charge in [-0.25, -0.2) is 19.2 Å². The van der Waals surface area contributed by atoms with Crippen LogP contribution in [0, 0.1) is 0 Å². The second-order valence-electron chi connectivity index (χ2n) is 13.8. The predicted octanol–water partition coefficient (Wildman–Crippen LogP) is 10.1. The largest absolute Gasteiger partial charge is 0.480 e. The highest BCUT2D eigenvalue weighted by atomic mass is 16.6. The molecule has 2 aromatic rings. The number of fused-ring (bicyclic) bond motifs is 3. The molecular formula is C42H60N2O9. The second kappa shape index (κ2) is 24.8. The van der Waals surface area contributed by atoms with Crippen LogP contribution >= 0.6 is 0 Å². The molecule has 292 valence electrons. The van der Waals surface area contributed by atoms with Crippen molar-refractivity contribution in [3.8, 4) is 11.1 Å². The summed E-state index contributed by atoms with van der Waals surface area (Å²) < 4.78 is 16.1. The summed E-state index contributed by atoms with van der Waals surface area (Å²) in [5.41, 5.74) is 4.11. The van der Waals surface area contributed by atoms with Crippen LogP contribution in [0.15, 0.2) is 48.5 Å². The van der Waals surface area contributed by atoms with Gasteiger partial charge in [0.25, 0.3) is 0 Å².